The quantitative estimate of drug-likeness (QED) is 0.675. The van der Waals surface area contributed by atoms with Crippen molar-refractivity contribution in [2.24, 2.45) is 5.73 Å². The van der Waals surface area contributed by atoms with E-state index in [1.54, 1.807) is 0 Å². The Hall–Kier alpha value is -3.47. The molecular formula is C21H20F4N4O3. The summed E-state index contributed by atoms with van der Waals surface area (Å²) in [5.74, 6) is -6.81. The van der Waals surface area contributed by atoms with E-state index in [1.165, 1.54) is 0 Å². The van der Waals surface area contributed by atoms with Crippen LogP contribution >= 0.6 is 0 Å². The molecule has 0 saturated carbocycles. The molecule has 3 N–H and O–H groups in total. The van der Waals surface area contributed by atoms with Gasteiger partial charge in [0.05, 0.1) is 0 Å². The number of nitrogens with one attached hydrogen (secondary N) is 1. The number of carbonyl (C=O) groups excluding carboxylic acids is 3. The molecule has 0 spiro atoms. The van der Waals surface area contributed by atoms with Gasteiger partial charge in [-0.3, -0.25) is 14.4 Å². The number of carbonyl (C=O) groups is 3. The zero-order chi connectivity index (χ0) is 23.4. The van der Waals surface area contributed by atoms with Crippen molar-refractivity contribution in [3.8, 4) is 0 Å². The van der Waals surface area contributed by atoms with E-state index < -0.39 is 47.2 Å². The molecule has 32 heavy (non-hydrogen) atoms. The summed E-state index contributed by atoms with van der Waals surface area (Å²) in [7, 11) is 0. The molecule has 170 valence electrons. The highest BCUT2D eigenvalue weighted by molar-refractivity contribution is 6.01. The van der Waals surface area contributed by atoms with E-state index in [1.807, 2.05) is 0 Å². The molecule has 7 nitrogen and oxygen atoms in total. The minimum absolute atomic E-state index is 0.0131. The maximum Gasteiger partial charge on any atom is 0.263 e. The van der Waals surface area contributed by atoms with Gasteiger partial charge in [0, 0.05) is 43.4 Å². The monoisotopic (exact) mass is 452 g/mol. The van der Waals surface area contributed by atoms with Crippen molar-refractivity contribution in [3.63, 3.8) is 0 Å². The van der Waals surface area contributed by atoms with Crippen molar-refractivity contribution in [2.45, 2.75) is 12.6 Å². The summed E-state index contributed by atoms with van der Waals surface area (Å²) in [4.78, 5) is 41.0. The first-order chi connectivity index (χ1) is 15.2. The molecular weight excluding hydrogens is 432 g/mol. The van der Waals surface area contributed by atoms with Gasteiger partial charge in [-0.2, -0.15) is 0 Å². The van der Waals surface area contributed by atoms with Gasteiger partial charge < -0.3 is 20.9 Å². The summed E-state index contributed by atoms with van der Waals surface area (Å²) >= 11 is 0. The Morgan fingerprint density at radius 2 is 1.47 bits per heavy atom. The zero-order valence-electron chi connectivity index (χ0n) is 16.8. The van der Waals surface area contributed by atoms with Crippen LogP contribution in [-0.2, 0) is 4.79 Å². The van der Waals surface area contributed by atoms with Crippen LogP contribution in [0.25, 0.3) is 0 Å². The number of hydrogen-bond donors (Lipinski definition) is 2. The van der Waals surface area contributed by atoms with Crippen molar-refractivity contribution < 1.29 is 31.9 Å². The molecule has 2 aromatic carbocycles. The van der Waals surface area contributed by atoms with Crippen molar-refractivity contribution in [2.75, 3.05) is 26.2 Å². The van der Waals surface area contributed by atoms with Crippen molar-refractivity contribution in [1.82, 2.24) is 15.1 Å². The molecule has 11 heteroatoms. The molecule has 1 aliphatic heterocycles. The van der Waals surface area contributed by atoms with Crippen LogP contribution in [-0.4, -0.2) is 59.9 Å². The number of nitrogens with two attached hydrogens (primary N) is 1. The lowest BCUT2D eigenvalue weighted by Crippen LogP contribution is -2.63. The average molecular weight is 452 g/mol. The number of nitrogens with zero attached hydrogens (tertiary/aromatic N) is 2. The van der Waals surface area contributed by atoms with Crippen molar-refractivity contribution in [1.29, 1.82) is 0 Å². The van der Waals surface area contributed by atoms with Crippen LogP contribution in [0.4, 0.5) is 17.6 Å². The molecule has 0 aromatic heterocycles. The molecule has 1 aliphatic rings. The molecule has 0 radical (unpaired) electrons. The van der Waals surface area contributed by atoms with Gasteiger partial charge >= 0.3 is 0 Å². The third-order valence-electron chi connectivity index (χ3n) is 4.86. The molecule has 1 atom stereocenters. The van der Waals surface area contributed by atoms with Gasteiger partial charge in [-0.05, 0) is 36.8 Å². The zero-order valence-corrected chi connectivity index (χ0v) is 16.8. The Kier molecular flexibility index (Phi) is 7.08. The minimum Gasteiger partial charge on any atom is -0.351 e. The highest BCUT2D eigenvalue weighted by Crippen LogP contribution is 2.22. The average Bonchev–Trinajstić information content (AvgIpc) is 2.77. The number of benzene rings is 2. The van der Waals surface area contributed by atoms with E-state index >= 15 is 0 Å². The summed E-state index contributed by atoms with van der Waals surface area (Å²) in [6.07, 6.45) is -1.26. The first kappa shape index (κ1) is 23.2. The fourth-order valence-electron chi connectivity index (χ4n) is 3.46. The molecule has 1 heterocycles. The van der Waals surface area contributed by atoms with Crippen molar-refractivity contribution in [3.05, 3.63) is 70.8 Å². The lowest BCUT2D eigenvalue weighted by Gasteiger charge is -2.42. The fraction of sp³-hybridized carbons (Fsp3) is 0.286. The Morgan fingerprint density at radius 3 is 2.03 bits per heavy atom. The van der Waals surface area contributed by atoms with Crippen LogP contribution in [0.1, 0.15) is 27.1 Å². The van der Waals surface area contributed by atoms with Crippen LogP contribution in [0.3, 0.4) is 0 Å². The summed E-state index contributed by atoms with van der Waals surface area (Å²) in [5.41, 5.74) is 4.83. The first-order valence-electron chi connectivity index (χ1n) is 9.73. The van der Waals surface area contributed by atoms with Gasteiger partial charge in [-0.15, -0.1) is 0 Å². The molecule has 3 amide bonds. The van der Waals surface area contributed by atoms with E-state index in [0.717, 1.165) is 34.1 Å². The largest absolute Gasteiger partial charge is 0.351 e. The van der Waals surface area contributed by atoms with E-state index in [0.29, 0.717) is 12.1 Å². The van der Waals surface area contributed by atoms with Crippen LogP contribution < -0.4 is 11.1 Å². The van der Waals surface area contributed by atoms with Crippen LogP contribution in [0.5, 0.6) is 0 Å². The smallest absolute Gasteiger partial charge is 0.263 e. The molecule has 0 aliphatic carbocycles. The second-order valence-electron chi connectivity index (χ2n) is 7.09. The molecule has 3 rings (SSSR count). The number of amides is 3. The van der Waals surface area contributed by atoms with E-state index in [9.17, 15) is 31.9 Å². The van der Waals surface area contributed by atoms with E-state index in [-0.39, 0.29) is 43.7 Å². The van der Waals surface area contributed by atoms with Gasteiger partial charge in [0.1, 0.15) is 11.6 Å². The van der Waals surface area contributed by atoms with Gasteiger partial charge in [-0.25, -0.2) is 17.6 Å². The Bertz CT molecular complexity index is 1030. The molecule has 1 unspecified atom stereocenters. The van der Waals surface area contributed by atoms with Crippen LogP contribution in [0.2, 0.25) is 0 Å². The van der Waals surface area contributed by atoms with E-state index in [2.05, 4.69) is 5.32 Å². The summed E-state index contributed by atoms with van der Waals surface area (Å²) < 4.78 is 54.2. The fourth-order valence-corrected chi connectivity index (χ4v) is 3.46. The van der Waals surface area contributed by atoms with Crippen LogP contribution in [0.15, 0.2) is 36.4 Å². The standard InChI is InChI=1S/C21H20F4N4O3/c22-14-8-13(9-15(23)11-14)21(32)29-7-1-6-28(19(29)18(30)27-5-4-26)20(31)12-2-3-16(24)17(25)10-12/h2-3,8-11,19H,1,4-7,26H2,(H,27,30). The molecule has 2 aromatic rings. The van der Waals surface area contributed by atoms with Gasteiger partial charge in [0.25, 0.3) is 17.7 Å². The van der Waals surface area contributed by atoms with Gasteiger partial charge in [0.15, 0.2) is 17.8 Å². The number of halogens is 4. The second kappa shape index (κ2) is 9.77. The third kappa shape index (κ3) is 4.88. The van der Waals surface area contributed by atoms with Crippen LogP contribution in [0, 0.1) is 23.3 Å². The minimum atomic E-state index is -1.49. The maximum atomic E-state index is 13.7. The molecule has 1 fully saturated rings. The Labute approximate surface area is 180 Å². The van der Waals surface area contributed by atoms with Gasteiger partial charge in [0.2, 0.25) is 0 Å². The maximum absolute atomic E-state index is 13.7. The normalized spacial score (nSPS) is 16.1. The Balaban J connectivity index is 1.98. The molecule has 1 saturated heterocycles. The predicted octanol–water partition coefficient (Wildman–Crippen LogP) is 1.63. The Morgan fingerprint density at radius 1 is 0.875 bits per heavy atom. The lowest BCUT2D eigenvalue weighted by molar-refractivity contribution is -0.132. The third-order valence-corrected chi connectivity index (χ3v) is 4.86. The highest BCUT2D eigenvalue weighted by atomic mass is 19.2. The predicted molar refractivity (Wildman–Crippen MR) is 105 cm³/mol. The summed E-state index contributed by atoms with van der Waals surface area (Å²) in [6, 6.07) is 4.74. The second-order valence-corrected chi connectivity index (χ2v) is 7.09. The molecule has 0 bridgehead atoms. The highest BCUT2D eigenvalue weighted by Gasteiger charge is 2.41. The van der Waals surface area contributed by atoms with E-state index in [4.69, 9.17) is 5.73 Å². The van der Waals surface area contributed by atoms with Crippen molar-refractivity contribution >= 4 is 17.7 Å². The lowest BCUT2D eigenvalue weighted by atomic mass is 10.1. The first-order valence-corrected chi connectivity index (χ1v) is 9.73. The van der Waals surface area contributed by atoms with Gasteiger partial charge in [-0.1, -0.05) is 0 Å². The summed E-state index contributed by atoms with van der Waals surface area (Å²) in [5, 5.41) is 2.48. The topological polar surface area (TPSA) is 95.7 Å². The summed E-state index contributed by atoms with van der Waals surface area (Å²) in [6.45, 7) is 0.164. The SMILES string of the molecule is NCCNC(=O)C1N(C(=O)c2cc(F)cc(F)c2)CCCN1C(=O)c1ccc(F)c(F)c1. The number of hydrogen-bond acceptors (Lipinski definition) is 4. The number of rotatable bonds is 5.